The van der Waals surface area contributed by atoms with Crippen molar-refractivity contribution in [3.8, 4) is 44.5 Å². The average molecular weight is 612 g/mol. The molecule has 0 heterocycles. The van der Waals surface area contributed by atoms with Crippen LogP contribution in [0.1, 0.15) is 11.1 Å². The van der Waals surface area contributed by atoms with Crippen molar-refractivity contribution in [2.75, 3.05) is 0 Å². The van der Waals surface area contributed by atoms with Crippen molar-refractivity contribution in [1.82, 2.24) is 0 Å². The summed E-state index contributed by atoms with van der Waals surface area (Å²) in [7, 11) is 0. The number of halogens is 2. The summed E-state index contributed by atoms with van der Waals surface area (Å²) in [6, 6.07) is 49.1. The van der Waals surface area contributed by atoms with Crippen LogP contribution in [0.5, 0.6) is 0 Å². The summed E-state index contributed by atoms with van der Waals surface area (Å²) in [6.45, 7) is 8.72. The second-order valence-corrected chi connectivity index (χ2v) is 16.2. The molecule has 0 amide bonds. The molecule has 0 aromatic heterocycles. The molecule has 2 aromatic rings. The molecular formula is C36H32Cl2SiTi-2. The molecule has 0 unspecified atom stereocenters. The van der Waals surface area contributed by atoms with Crippen LogP contribution < -0.4 is 24.8 Å². The van der Waals surface area contributed by atoms with Crippen LogP contribution in [0.4, 0.5) is 0 Å². The maximum atomic E-state index is 3.39. The van der Waals surface area contributed by atoms with Crippen LogP contribution in [-0.4, -0.2) is 6.19 Å². The Bertz CT molecular complexity index is 1450. The van der Waals surface area contributed by atoms with E-state index in [0.29, 0.717) is 0 Å². The standard InChI is InChI=1S/2C17H13.C2H6Si.2ClH.Ti/c2*1-13-11-15-9-5-6-10-16(17(15)12-13)14-7-3-2-4-8-14;1-3-2;;;/h2*2-10,12H,1H3;1-2H3;2*1H;/q2*-1;;;;+2/p-2. The monoisotopic (exact) mass is 610 g/mol. The van der Waals surface area contributed by atoms with Crippen LogP contribution in [0, 0.1) is 26.0 Å². The van der Waals surface area contributed by atoms with Gasteiger partial charge in [0.2, 0.25) is 0 Å². The molecule has 4 aliphatic carbocycles. The number of benzene rings is 2. The molecule has 0 nitrogen and oxygen atoms in total. The predicted molar refractivity (Wildman–Crippen MR) is 162 cm³/mol. The van der Waals surface area contributed by atoms with Gasteiger partial charge in [0.1, 0.15) is 0 Å². The van der Waals surface area contributed by atoms with Crippen LogP contribution >= 0.6 is 0 Å². The second kappa shape index (κ2) is 16.6. The maximum absolute atomic E-state index is 3.39. The maximum Gasteiger partial charge on any atom is -0.0279 e. The number of rotatable bonds is 2. The first kappa shape index (κ1) is 33.6. The van der Waals surface area contributed by atoms with Gasteiger partial charge in [0.25, 0.3) is 0 Å². The minimum Gasteiger partial charge on any atom is -1.00 e. The smallest absolute Gasteiger partial charge is 0.0279 e. The Balaban J connectivity index is 0.000000237. The van der Waals surface area contributed by atoms with Crippen LogP contribution in [0.15, 0.2) is 121 Å². The summed E-state index contributed by atoms with van der Waals surface area (Å²) in [6.07, 6.45) is 0.120. The van der Waals surface area contributed by atoms with Crippen LogP contribution in [-0.2, 0) is 19.2 Å². The van der Waals surface area contributed by atoms with Crippen molar-refractivity contribution < 1.29 is 44.0 Å². The average Bonchev–Trinajstić information content (AvgIpc) is 3.31. The van der Waals surface area contributed by atoms with Gasteiger partial charge >= 0.3 is 38.5 Å². The molecule has 0 atom stereocenters. The first-order chi connectivity index (χ1) is 18.4. The zero-order chi connectivity index (χ0) is 26.9. The Morgan fingerprint density at radius 3 is 1.12 bits per heavy atom. The number of fused-ring (bicyclic) bond motifs is 2. The Kier molecular flexibility index (Phi) is 13.9. The van der Waals surface area contributed by atoms with E-state index in [4.69, 9.17) is 0 Å². The van der Waals surface area contributed by atoms with Gasteiger partial charge in [0, 0.05) is 0 Å². The van der Waals surface area contributed by atoms with Crippen LogP contribution in [0.3, 0.4) is 0 Å². The van der Waals surface area contributed by atoms with Gasteiger partial charge in [-0.25, -0.2) is 0 Å². The Morgan fingerprint density at radius 1 is 0.475 bits per heavy atom. The van der Waals surface area contributed by atoms with E-state index in [9.17, 15) is 0 Å². The van der Waals surface area contributed by atoms with E-state index in [2.05, 4.69) is 167 Å². The molecular weight excluding hydrogens is 579 g/mol. The molecule has 0 N–H and O–H groups in total. The van der Waals surface area contributed by atoms with Crippen LogP contribution in [0.2, 0.25) is 13.1 Å². The molecule has 2 aromatic carbocycles. The molecule has 0 aliphatic heterocycles. The minimum atomic E-state index is 0. The quantitative estimate of drug-likeness (QED) is 0.206. The molecule has 0 spiro atoms. The minimum absolute atomic E-state index is 0. The largest absolute Gasteiger partial charge is 1.00 e. The van der Waals surface area contributed by atoms with Crippen molar-refractivity contribution in [3.05, 3.63) is 145 Å². The molecule has 200 valence electrons. The van der Waals surface area contributed by atoms with Gasteiger partial charge in [-0.1, -0.05) is 110 Å². The van der Waals surface area contributed by atoms with Gasteiger partial charge in [-0.05, 0) is 11.1 Å². The summed E-state index contributed by atoms with van der Waals surface area (Å²) in [5.74, 6) is 0. The molecule has 0 radical (unpaired) electrons. The number of aryl methyl sites for hydroxylation is 2. The van der Waals surface area contributed by atoms with Crippen LogP contribution in [0.25, 0.3) is 44.5 Å². The van der Waals surface area contributed by atoms with Crippen molar-refractivity contribution >= 4 is 6.19 Å². The molecule has 0 bridgehead atoms. The fourth-order valence-corrected chi connectivity index (χ4v) is 4.45. The fourth-order valence-electron chi connectivity index (χ4n) is 4.45. The molecule has 0 saturated carbocycles. The summed E-state index contributed by atoms with van der Waals surface area (Å²) in [4.78, 5) is 0. The Labute approximate surface area is 264 Å². The van der Waals surface area contributed by atoms with Crippen molar-refractivity contribution in [1.29, 1.82) is 0 Å². The van der Waals surface area contributed by atoms with E-state index in [1.165, 1.54) is 55.6 Å². The summed E-state index contributed by atoms with van der Waals surface area (Å²) in [5.41, 5.74) is 12.4. The van der Waals surface area contributed by atoms with E-state index < -0.39 is 0 Å². The Morgan fingerprint density at radius 2 is 0.775 bits per heavy atom. The van der Waals surface area contributed by atoms with Crippen molar-refractivity contribution in [2.24, 2.45) is 0 Å². The molecule has 0 saturated heterocycles. The first-order valence-corrected chi connectivity index (χ1v) is 17.7. The zero-order valence-corrected chi connectivity index (χ0v) is 27.4. The van der Waals surface area contributed by atoms with Gasteiger partial charge < -0.3 is 24.8 Å². The Hall–Kier alpha value is -2.65. The van der Waals surface area contributed by atoms with Gasteiger partial charge in [-0.15, -0.1) is 58.7 Å². The van der Waals surface area contributed by atoms with Crippen molar-refractivity contribution in [2.45, 2.75) is 26.9 Å². The van der Waals surface area contributed by atoms with Gasteiger partial charge in [0.05, 0.1) is 0 Å². The number of hydrogen-bond donors (Lipinski definition) is 0. The van der Waals surface area contributed by atoms with E-state index in [0.717, 1.165) is 0 Å². The van der Waals surface area contributed by atoms with E-state index in [-0.39, 0.29) is 31.0 Å². The molecule has 6 rings (SSSR count). The van der Waals surface area contributed by atoms with E-state index >= 15 is 0 Å². The van der Waals surface area contributed by atoms with Gasteiger partial charge in [0.15, 0.2) is 0 Å². The van der Waals surface area contributed by atoms with Gasteiger partial charge in [-0.2, -0.15) is 23.3 Å². The molecule has 40 heavy (non-hydrogen) atoms. The van der Waals surface area contributed by atoms with Crippen molar-refractivity contribution in [3.63, 3.8) is 0 Å². The molecule has 0 fully saturated rings. The SMILES string of the molecule is C[Si](C)=[Ti+2].Cc1[c-]c2ccccc(-c3ccccc3)c-2c1.Cc1[c-]c2ccccc(-c3ccccc3)c-2c1.[Cl-].[Cl-]. The number of hydrogen-bond acceptors (Lipinski definition) is 0. The molecule has 4 heteroatoms. The third-order valence-electron chi connectivity index (χ3n) is 5.99. The topological polar surface area (TPSA) is 0 Å². The first-order valence-electron chi connectivity index (χ1n) is 12.9. The predicted octanol–water partition coefficient (Wildman–Crippen LogP) is 3.93. The van der Waals surface area contributed by atoms with E-state index in [1.54, 1.807) is 0 Å². The van der Waals surface area contributed by atoms with Gasteiger partial charge in [-0.3, -0.25) is 0 Å². The summed E-state index contributed by atoms with van der Waals surface area (Å²) < 4.78 is 0. The third-order valence-corrected chi connectivity index (χ3v) is 5.99. The second-order valence-electron chi connectivity index (χ2n) is 9.56. The zero-order valence-electron chi connectivity index (χ0n) is 23.3. The molecule has 4 aliphatic rings. The third kappa shape index (κ3) is 9.20. The fraction of sp³-hybridized carbons (Fsp3) is 0.111. The normalized spacial score (nSPS) is 9.75. The van der Waals surface area contributed by atoms with E-state index in [1.807, 2.05) is 12.1 Å². The summed E-state index contributed by atoms with van der Waals surface area (Å²) >= 11 is 2.27. The summed E-state index contributed by atoms with van der Waals surface area (Å²) in [5, 5.41) is 0.